The quantitative estimate of drug-likeness (QED) is 0.344. The standard InChI is InChI=1S/C5H11O6P/c1-2-3-4(5(6)7)12(9,10)11-8/h4,8H,2-3H2,1H3,(H,6,7)(H,9,10). The van der Waals surface area contributed by atoms with Crippen LogP contribution in [0.1, 0.15) is 19.8 Å². The molecule has 7 heteroatoms. The fourth-order valence-corrected chi connectivity index (χ4v) is 1.73. The second-order valence-corrected chi connectivity index (χ2v) is 4.20. The Labute approximate surface area is 69.2 Å². The van der Waals surface area contributed by atoms with Gasteiger partial charge in [0.2, 0.25) is 0 Å². The van der Waals surface area contributed by atoms with Crippen LogP contribution in [0.4, 0.5) is 0 Å². The summed E-state index contributed by atoms with van der Waals surface area (Å²) >= 11 is 0. The molecule has 0 aliphatic rings. The third-order valence-electron chi connectivity index (χ3n) is 1.36. The third kappa shape index (κ3) is 2.91. The van der Waals surface area contributed by atoms with Crippen LogP contribution in [0.15, 0.2) is 0 Å². The molecule has 6 nitrogen and oxygen atoms in total. The molecule has 0 aliphatic carbocycles. The van der Waals surface area contributed by atoms with E-state index < -0.39 is 19.2 Å². The van der Waals surface area contributed by atoms with E-state index in [2.05, 4.69) is 4.67 Å². The van der Waals surface area contributed by atoms with Gasteiger partial charge in [0, 0.05) is 0 Å². The summed E-state index contributed by atoms with van der Waals surface area (Å²) in [6.45, 7) is 1.66. The number of carbonyl (C=O) groups is 1. The Balaban J connectivity index is 4.50. The molecule has 0 aromatic heterocycles. The Hall–Kier alpha value is -0.420. The van der Waals surface area contributed by atoms with Crippen molar-refractivity contribution in [1.82, 2.24) is 0 Å². The van der Waals surface area contributed by atoms with Crippen LogP contribution in [0.25, 0.3) is 0 Å². The number of hydrogen-bond donors (Lipinski definition) is 3. The highest BCUT2D eigenvalue weighted by atomic mass is 31.2. The maximum absolute atomic E-state index is 10.8. The van der Waals surface area contributed by atoms with E-state index in [1.165, 1.54) is 0 Å². The Bertz CT molecular complexity index is 202. The summed E-state index contributed by atoms with van der Waals surface area (Å²) in [7, 11) is -4.40. The van der Waals surface area contributed by atoms with Crippen LogP contribution in [-0.4, -0.2) is 26.9 Å². The molecule has 12 heavy (non-hydrogen) atoms. The Kier molecular flexibility index (Phi) is 4.41. The summed E-state index contributed by atoms with van der Waals surface area (Å²) in [6.07, 6.45) is 0.411. The minimum Gasteiger partial charge on any atom is -0.481 e. The lowest BCUT2D eigenvalue weighted by atomic mass is 10.2. The Morgan fingerprint density at radius 2 is 2.17 bits per heavy atom. The first-order valence-corrected chi connectivity index (χ1v) is 4.98. The molecule has 0 spiro atoms. The molecule has 0 bridgehead atoms. The fraction of sp³-hybridized carbons (Fsp3) is 0.800. The molecule has 0 saturated heterocycles. The van der Waals surface area contributed by atoms with Crippen molar-refractivity contribution in [2.24, 2.45) is 0 Å². The summed E-state index contributed by atoms with van der Waals surface area (Å²) in [5, 5.41) is 16.4. The SMILES string of the molecule is CCCC(C(=O)O)P(=O)(O)OO. The van der Waals surface area contributed by atoms with Crippen LogP contribution in [0.2, 0.25) is 0 Å². The fourth-order valence-electron chi connectivity index (χ4n) is 0.757. The first kappa shape index (κ1) is 11.6. The van der Waals surface area contributed by atoms with Gasteiger partial charge in [-0.1, -0.05) is 13.3 Å². The van der Waals surface area contributed by atoms with E-state index in [1.807, 2.05) is 0 Å². The van der Waals surface area contributed by atoms with Crippen molar-refractivity contribution < 1.29 is 29.3 Å². The van der Waals surface area contributed by atoms with Crippen molar-refractivity contribution in [2.75, 3.05) is 0 Å². The molecule has 0 rings (SSSR count). The topological polar surface area (TPSA) is 104 Å². The van der Waals surface area contributed by atoms with E-state index in [0.717, 1.165) is 0 Å². The lowest BCUT2D eigenvalue weighted by Gasteiger charge is -2.14. The molecular formula is C5H11O6P. The highest BCUT2D eigenvalue weighted by Crippen LogP contribution is 2.48. The summed E-state index contributed by atoms with van der Waals surface area (Å²) in [5.41, 5.74) is -1.55. The maximum atomic E-state index is 10.8. The van der Waals surface area contributed by atoms with Crippen LogP contribution in [0, 0.1) is 0 Å². The normalized spacial score (nSPS) is 18.2. The second kappa shape index (κ2) is 4.57. The van der Waals surface area contributed by atoms with E-state index in [0.29, 0.717) is 6.42 Å². The zero-order valence-corrected chi connectivity index (χ0v) is 7.40. The molecule has 0 aliphatic heterocycles. The molecule has 0 radical (unpaired) electrons. The average molecular weight is 198 g/mol. The van der Waals surface area contributed by atoms with Gasteiger partial charge in [0.05, 0.1) is 0 Å². The molecule has 0 aromatic rings. The van der Waals surface area contributed by atoms with Crippen LogP contribution in [0.3, 0.4) is 0 Å². The predicted molar refractivity (Wildman–Crippen MR) is 39.9 cm³/mol. The third-order valence-corrected chi connectivity index (χ3v) is 2.86. The summed E-state index contributed by atoms with van der Waals surface area (Å²) in [4.78, 5) is 19.2. The zero-order chi connectivity index (χ0) is 9.78. The maximum Gasteiger partial charge on any atom is 0.369 e. The van der Waals surface area contributed by atoms with Crippen molar-refractivity contribution in [3.63, 3.8) is 0 Å². The smallest absolute Gasteiger partial charge is 0.369 e. The molecule has 0 heterocycles. The van der Waals surface area contributed by atoms with Crippen LogP contribution in [-0.2, 0) is 14.0 Å². The van der Waals surface area contributed by atoms with Gasteiger partial charge in [-0.2, -0.15) is 4.67 Å². The molecule has 0 saturated carbocycles. The highest BCUT2D eigenvalue weighted by molar-refractivity contribution is 7.54. The van der Waals surface area contributed by atoms with Crippen LogP contribution < -0.4 is 0 Å². The molecule has 3 N–H and O–H groups in total. The summed E-state index contributed by atoms with van der Waals surface area (Å²) in [5.74, 6) is -1.45. The zero-order valence-electron chi connectivity index (χ0n) is 6.51. The van der Waals surface area contributed by atoms with Crippen molar-refractivity contribution in [1.29, 1.82) is 0 Å². The number of aliphatic carboxylic acids is 1. The predicted octanol–water partition coefficient (Wildman–Crippen LogP) is 0.915. The lowest BCUT2D eigenvalue weighted by Crippen LogP contribution is -2.20. The van der Waals surface area contributed by atoms with Gasteiger partial charge in [0.15, 0.2) is 5.66 Å². The van der Waals surface area contributed by atoms with Crippen molar-refractivity contribution in [2.45, 2.75) is 25.4 Å². The molecule has 72 valence electrons. The Morgan fingerprint density at radius 1 is 1.67 bits per heavy atom. The largest absolute Gasteiger partial charge is 0.481 e. The number of rotatable bonds is 5. The van der Waals surface area contributed by atoms with Gasteiger partial charge in [0.1, 0.15) is 0 Å². The first-order chi connectivity index (χ1) is 5.45. The van der Waals surface area contributed by atoms with E-state index in [9.17, 15) is 9.36 Å². The second-order valence-electron chi connectivity index (χ2n) is 2.29. The molecule has 0 amide bonds. The molecule has 2 atom stereocenters. The van der Waals surface area contributed by atoms with E-state index in [1.54, 1.807) is 6.92 Å². The lowest BCUT2D eigenvalue weighted by molar-refractivity contribution is -0.152. The van der Waals surface area contributed by atoms with Gasteiger partial charge < -0.3 is 10.00 Å². The van der Waals surface area contributed by atoms with Gasteiger partial charge in [-0.15, -0.1) is 0 Å². The van der Waals surface area contributed by atoms with E-state index >= 15 is 0 Å². The van der Waals surface area contributed by atoms with Crippen molar-refractivity contribution >= 4 is 13.6 Å². The summed E-state index contributed by atoms with van der Waals surface area (Å²) in [6, 6.07) is 0. The highest BCUT2D eigenvalue weighted by Gasteiger charge is 2.38. The van der Waals surface area contributed by atoms with Crippen LogP contribution >= 0.6 is 7.60 Å². The average Bonchev–Trinajstić information content (AvgIpc) is 1.99. The van der Waals surface area contributed by atoms with Crippen molar-refractivity contribution in [3.05, 3.63) is 0 Å². The number of carboxylic acids is 1. The van der Waals surface area contributed by atoms with Gasteiger partial charge >= 0.3 is 13.6 Å². The molecule has 2 unspecified atom stereocenters. The van der Waals surface area contributed by atoms with Crippen LogP contribution in [0.5, 0.6) is 0 Å². The molecule has 0 aromatic carbocycles. The minimum absolute atomic E-state index is 0.0102. The Morgan fingerprint density at radius 3 is 2.42 bits per heavy atom. The van der Waals surface area contributed by atoms with Gasteiger partial charge in [-0.25, -0.2) is 5.26 Å². The molecule has 0 fully saturated rings. The monoisotopic (exact) mass is 198 g/mol. The summed E-state index contributed by atoms with van der Waals surface area (Å²) < 4.78 is 14.1. The number of carboxylic acid groups (broad SMARTS) is 1. The molecular weight excluding hydrogens is 187 g/mol. The minimum atomic E-state index is -4.40. The first-order valence-electron chi connectivity index (χ1n) is 3.34. The van der Waals surface area contributed by atoms with Gasteiger partial charge in [-0.3, -0.25) is 9.36 Å². The van der Waals surface area contributed by atoms with Gasteiger partial charge in [0.25, 0.3) is 0 Å². The number of hydrogen-bond acceptors (Lipinski definition) is 4. The van der Waals surface area contributed by atoms with E-state index in [4.69, 9.17) is 15.3 Å². The van der Waals surface area contributed by atoms with Gasteiger partial charge in [-0.05, 0) is 6.42 Å². The van der Waals surface area contributed by atoms with Crippen molar-refractivity contribution in [3.8, 4) is 0 Å². The van der Waals surface area contributed by atoms with E-state index in [-0.39, 0.29) is 6.42 Å².